The zero-order valence-corrected chi connectivity index (χ0v) is 13.7. The number of benzene rings is 2. The first-order valence-corrected chi connectivity index (χ1v) is 7.77. The second-order valence-corrected chi connectivity index (χ2v) is 5.54. The highest BCUT2D eigenvalue weighted by Crippen LogP contribution is 2.15. The fraction of sp³-hybridized carbons (Fsp3) is 0.222. The molecule has 24 heavy (non-hydrogen) atoms. The highest BCUT2D eigenvalue weighted by molar-refractivity contribution is 5.76. The number of ether oxygens (including phenoxy) is 1. The van der Waals surface area contributed by atoms with Crippen LogP contribution in [0.1, 0.15) is 24.4 Å². The number of aromatic nitrogens is 2. The van der Waals surface area contributed by atoms with E-state index in [0.29, 0.717) is 6.54 Å². The van der Waals surface area contributed by atoms with Crippen molar-refractivity contribution in [2.75, 3.05) is 7.11 Å². The summed E-state index contributed by atoms with van der Waals surface area (Å²) in [6.45, 7) is 2.32. The number of H-pyrrole nitrogens is 1. The van der Waals surface area contributed by atoms with Crippen molar-refractivity contribution in [2.24, 2.45) is 0 Å². The summed E-state index contributed by atoms with van der Waals surface area (Å²) in [5.41, 5.74) is 2.82. The van der Waals surface area contributed by atoms with Crippen LogP contribution in [0.3, 0.4) is 0 Å². The van der Waals surface area contributed by atoms with Gasteiger partial charge in [-0.2, -0.15) is 0 Å². The number of urea groups is 1. The number of amides is 2. The summed E-state index contributed by atoms with van der Waals surface area (Å²) in [7, 11) is 1.62. The van der Waals surface area contributed by atoms with Crippen LogP contribution < -0.4 is 15.4 Å². The quantitative estimate of drug-likeness (QED) is 0.674. The number of nitrogens with one attached hydrogen (secondary N) is 3. The smallest absolute Gasteiger partial charge is 0.315 e. The normalized spacial score (nSPS) is 11.9. The molecule has 0 saturated carbocycles. The minimum Gasteiger partial charge on any atom is -0.497 e. The lowest BCUT2D eigenvalue weighted by molar-refractivity contribution is 0.237. The van der Waals surface area contributed by atoms with Gasteiger partial charge in [0.25, 0.3) is 0 Å². The van der Waals surface area contributed by atoms with Gasteiger partial charge in [0.05, 0.1) is 24.2 Å². The van der Waals surface area contributed by atoms with Crippen LogP contribution in [-0.4, -0.2) is 23.1 Å². The van der Waals surface area contributed by atoms with Gasteiger partial charge in [-0.25, -0.2) is 9.78 Å². The van der Waals surface area contributed by atoms with Crippen LogP contribution in [-0.2, 0) is 6.54 Å². The number of rotatable bonds is 5. The average molecular weight is 324 g/mol. The van der Waals surface area contributed by atoms with Crippen molar-refractivity contribution < 1.29 is 9.53 Å². The van der Waals surface area contributed by atoms with Crippen LogP contribution in [0, 0.1) is 0 Å². The van der Waals surface area contributed by atoms with Gasteiger partial charge < -0.3 is 20.4 Å². The van der Waals surface area contributed by atoms with E-state index in [2.05, 4.69) is 20.6 Å². The van der Waals surface area contributed by atoms with Crippen LogP contribution in [0.4, 0.5) is 4.79 Å². The molecule has 0 aliphatic rings. The minimum absolute atomic E-state index is 0.220. The van der Waals surface area contributed by atoms with E-state index in [0.717, 1.165) is 28.2 Å². The Kier molecular flexibility index (Phi) is 4.65. The topological polar surface area (TPSA) is 79.0 Å². The summed E-state index contributed by atoms with van der Waals surface area (Å²) in [5.74, 6) is 1.50. The monoisotopic (exact) mass is 324 g/mol. The largest absolute Gasteiger partial charge is 0.497 e. The van der Waals surface area contributed by atoms with Gasteiger partial charge in [0.2, 0.25) is 0 Å². The lowest BCUT2D eigenvalue weighted by Crippen LogP contribution is -2.36. The molecule has 2 aromatic carbocycles. The molecule has 1 atom stereocenters. The first-order valence-electron chi connectivity index (χ1n) is 7.77. The molecule has 1 heterocycles. The molecule has 1 aromatic heterocycles. The van der Waals surface area contributed by atoms with Crippen molar-refractivity contribution in [1.29, 1.82) is 0 Å². The first kappa shape index (κ1) is 15.9. The Morgan fingerprint density at radius 3 is 2.88 bits per heavy atom. The summed E-state index contributed by atoms with van der Waals surface area (Å²) in [6.07, 6.45) is 0. The Hall–Kier alpha value is -3.02. The van der Waals surface area contributed by atoms with E-state index in [9.17, 15) is 4.79 Å². The van der Waals surface area contributed by atoms with Gasteiger partial charge in [-0.05, 0) is 36.8 Å². The van der Waals surface area contributed by atoms with Crippen LogP contribution in [0.5, 0.6) is 5.75 Å². The number of fused-ring (bicyclic) bond motifs is 1. The molecule has 124 valence electrons. The molecule has 3 N–H and O–H groups in total. The summed E-state index contributed by atoms with van der Waals surface area (Å²) in [4.78, 5) is 19.8. The van der Waals surface area contributed by atoms with Crippen molar-refractivity contribution in [1.82, 2.24) is 20.6 Å². The molecule has 1 unspecified atom stereocenters. The third kappa shape index (κ3) is 3.65. The van der Waals surface area contributed by atoms with Crippen molar-refractivity contribution in [3.8, 4) is 5.75 Å². The van der Waals surface area contributed by atoms with Crippen molar-refractivity contribution in [3.63, 3.8) is 0 Å². The van der Waals surface area contributed by atoms with E-state index in [4.69, 9.17) is 4.74 Å². The first-order chi connectivity index (χ1) is 11.7. The third-order valence-corrected chi connectivity index (χ3v) is 3.75. The number of para-hydroxylation sites is 2. The molecule has 0 spiro atoms. The molecule has 0 radical (unpaired) electrons. The van der Waals surface area contributed by atoms with Crippen molar-refractivity contribution in [3.05, 3.63) is 59.9 Å². The van der Waals surface area contributed by atoms with Crippen LogP contribution >= 0.6 is 0 Å². The molecule has 0 bridgehead atoms. The fourth-order valence-corrected chi connectivity index (χ4v) is 2.46. The van der Waals surface area contributed by atoms with Crippen molar-refractivity contribution >= 4 is 17.1 Å². The molecule has 2 amide bonds. The number of hydrogen-bond donors (Lipinski definition) is 3. The van der Waals surface area contributed by atoms with Gasteiger partial charge in [-0.3, -0.25) is 0 Å². The zero-order chi connectivity index (χ0) is 16.9. The Morgan fingerprint density at radius 2 is 2.08 bits per heavy atom. The SMILES string of the molecule is COc1cccc(CNC(=O)NC(C)c2nc3ccccc3[nH]2)c1. The second-order valence-electron chi connectivity index (χ2n) is 5.54. The third-order valence-electron chi connectivity index (χ3n) is 3.75. The standard InChI is InChI=1S/C18H20N4O2/c1-12(17-21-15-8-3-4-9-16(15)22-17)20-18(23)19-11-13-6-5-7-14(10-13)24-2/h3-10,12H,11H2,1-2H3,(H,21,22)(H2,19,20,23). The Labute approximate surface area is 140 Å². The van der Waals surface area contributed by atoms with Gasteiger partial charge >= 0.3 is 6.03 Å². The molecule has 6 heteroatoms. The fourth-order valence-electron chi connectivity index (χ4n) is 2.46. The Morgan fingerprint density at radius 1 is 1.25 bits per heavy atom. The molecule has 0 saturated heterocycles. The number of carbonyl (C=O) groups is 1. The molecule has 3 aromatic rings. The maximum Gasteiger partial charge on any atom is 0.315 e. The summed E-state index contributed by atoms with van der Waals surface area (Å²) in [5, 5.41) is 5.72. The summed E-state index contributed by atoms with van der Waals surface area (Å²) < 4.78 is 5.17. The lowest BCUT2D eigenvalue weighted by Gasteiger charge is -2.13. The molecule has 0 aliphatic carbocycles. The number of aromatic amines is 1. The minimum atomic E-state index is -0.245. The summed E-state index contributed by atoms with van der Waals surface area (Å²) >= 11 is 0. The highest BCUT2D eigenvalue weighted by Gasteiger charge is 2.13. The second kappa shape index (κ2) is 7.04. The van der Waals surface area contributed by atoms with E-state index in [-0.39, 0.29) is 12.1 Å². The zero-order valence-electron chi connectivity index (χ0n) is 13.7. The van der Waals surface area contributed by atoms with Gasteiger partial charge in [-0.1, -0.05) is 24.3 Å². The van der Waals surface area contributed by atoms with Gasteiger partial charge in [0, 0.05) is 6.54 Å². The predicted octanol–water partition coefficient (Wildman–Crippen LogP) is 3.13. The predicted molar refractivity (Wildman–Crippen MR) is 92.9 cm³/mol. The van der Waals surface area contributed by atoms with Crippen LogP contribution in [0.2, 0.25) is 0 Å². The number of imidazole rings is 1. The summed E-state index contributed by atoms with van der Waals surface area (Å²) in [6, 6.07) is 14.9. The van der Waals surface area contributed by atoms with Gasteiger partial charge in [0.1, 0.15) is 11.6 Å². The van der Waals surface area contributed by atoms with E-state index < -0.39 is 0 Å². The number of hydrogen-bond acceptors (Lipinski definition) is 3. The molecule has 3 rings (SSSR count). The van der Waals surface area contributed by atoms with Crippen LogP contribution in [0.25, 0.3) is 11.0 Å². The van der Waals surface area contributed by atoms with E-state index >= 15 is 0 Å². The number of nitrogens with zero attached hydrogens (tertiary/aromatic N) is 1. The van der Waals surface area contributed by atoms with E-state index in [1.807, 2.05) is 55.5 Å². The Balaban J connectivity index is 1.57. The van der Waals surface area contributed by atoms with E-state index in [1.54, 1.807) is 7.11 Å². The Bertz CT molecular complexity index is 811. The molecule has 6 nitrogen and oxygen atoms in total. The molecular formula is C18H20N4O2. The molecule has 0 fully saturated rings. The van der Waals surface area contributed by atoms with Gasteiger partial charge in [0.15, 0.2) is 0 Å². The highest BCUT2D eigenvalue weighted by atomic mass is 16.5. The van der Waals surface area contributed by atoms with Gasteiger partial charge in [-0.15, -0.1) is 0 Å². The lowest BCUT2D eigenvalue weighted by atomic mass is 10.2. The van der Waals surface area contributed by atoms with E-state index in [1.165, 1.54) is 0 Å². The molecule has 0 aliphatic heterocycles. The number of methoxy groups -OCH3 is 1. The maximum absolute atomic E-state index is 12.1. The van der Waals surface area contributed by atoms with Crippen LogP contribution in [0.15, 0.2) is 48.5 Å². The maximum atomic E-state index is 12.1. The number of carbonyl (C=O) groups excluding carboxylic acids is 1. The van der Waals surface area contributed by atoms with Crippen molar-refractivity contribution in [2.45, 2.75) is 19.5 Å². The average Bonchev–Trinajstić information content (AvgIpc) is 3.04. The molecular weight excluding hydrogens is 304 g/mol.